The second-order valence-corrected chi connectivity index (χ2v) is 5.87. The van der Waals surface area contributed by atoms with Gasteiger partial charge in [0, 0.05) is 11.6 Å². The molecule has 11 heteroatoms. The quantitative estimate of drug-likeness (QED) is 0.523. The standard InChI is InChI=1S/C17H14F3N7O/c1-9(10-4-2-3-5-11(10)18)27-16-12(7-22-27)21-8-14(24-16)23-13-6-15(26-25-13)28-17(19)20/h2-9,17H,1H3,(H2,23,24,25,26). The number of hydrogen-bond donors (Lipinski definition) is 2. The Morgan fingerprint density at radius 3 is 2.82 bits per heavy atom. The Morgan fingerprint density at radius 2 is 2.04 bits per heavy atom. The Hall–Kier alpha value is -3.63. The number of rotatable bonds is 6. The Labute approximate surface area is 156 Å². The summed E-state index contributed by atoms with van der Waals surface area (Å²) in [6.07, 6.45) is 2.99. The van der Waals surface area contributed by atoms with E-state index in [0.717, 1.165) is 0 Å². The Morgan fingerprint density at radius 1 is 1.21 bits per heavy atom. The molecule has 0 fully saturated rings. The first kappa shape index (κ1) is 17.8. The summed E-state index contributed by atoms with van der Waals surface area (Å²) in [6.45, 7) is -1.17. The molecule has 1 atom stereocenters. The number of benzene rings is 1. The molecule has 0 bridgehead atoms. The van der Waals surface area contributed by atoms with Crippen molar-refractivity contribution in [1.29, 1.82) is 0 Å². The first-order chi connectivity index (χ1) is 13.5. The number of aromatic amines is 1. The van der Waals surface area contributed by atoms with Crippen LogP contribution < -0.4 is 10.1 Å². The van der Waals surface area contributed by atoms with Gasteiger partial charge >= 0.3 is 6.61 Å². The highest BCUT2D eigenvalue weighted by molar-refractivity contribution is 5.72. The highest BCUT2D eigenvalue weighted by Gasteiger charge is 2.17. The number of fused-ring (bicyclic) bond motifs is 1. The average molecular weight is 389 g/mol. The molecule has 0 radical (unpaired) electrons. The second kappa shape index (κ2) is 7.18. The minimum Gasteiger partial charge on any atom is -0.415 e. The van der Waals surface area contributed by atoms with Crippen LogP contribution in [0.25, 0.3) is 11.2 Å². The van der Waals surface area contributed by atoms with Crippen molar-refractivity contribution in [2.75, 3.05) is 5.32 Å². The summed E-state index contributed by atoms with van der Waals surface area (Å²) in [6, 6.07) is 7.27. The van der Waals surface area contributed by atoms with Crippen LogP contribution in [0, 0.1) is 5.82 Å². The average Bonchev–Trinajstić information content (AvgIpc) is 3.27. The van der Waals surface area contributed by atoms with Gasteiger partial charge in [-0.2, -0.15) is 13.9 Å². The molecule has 0 amide bonds. The summed E-state index contributed by atoms with van der Waals surface area (Å²) in [5.41, 5.74) is 1.43. The zero-order chi connectivity index (χ0) is 19.7. The molecular formula is C17H14F3N7O. The van der Waals surface area contributed by atoms with Crippen molar-refractivity contribution in [3.8, 4) is 5.88 Å². The summed E-state index contributed by atoms with van der Waals surface area (Å²) in [7, 11) is 0. The zero-order valence-corrected chi connectivity index (χ0v) is 14.5. The topological polar surface area (TPSA) is 93.5 Å². The summed E-state index contributed by atoms with van der Waals surface area (Å²) in [5.74, 6) is 0.00871. The molecule has 2 N–H and O–H groups in total. The fourth-order valence-corrected chi connectivity index (χ4v) is 2.77. The molecule has 8 nitrogen and oxygen atoms in total. The van der Waals surface area contributed by atoms with Crippen LogP contribution in [0.4, 0.5) is 24.8 Å². The number of ether oxygens (including phenoxy) is 1. The molecule has 1 aromatic carbocycles. The Balaban J connectivity index is 1.63. The van der Waals surface area contributed by atoms with Gasteiger partial charge in [0.15, 0.2) is 11.5 Å². The lowest BCUT2D eigenvalue weighted by molar-refractivity contribution is -0.0528. The SMILES string of the molecule is CC(c1ccccc1F)n1ncc2ncc(Nc3cc(OC(F)F)n[nH]3)nc21. The van der Waals surface area contributed by atoms with Crippen LogP contribution in [0.15, 0.2) is 42.7 Å². The van der Waals surface area contributed by atoms with Gasteiger partial charge in [-0.15, -0.1) is 5.10 Å². The summed E-state index contributed by atoms with van der Waals surface area (Å²) >= 11 is 0. The van der Waals surface area contributed by atoms with Gasteiger partial charge in [-0.05, 0) is 13.0 Å². The number of aromatic nitrogens is 6. The number of alkyl halides is 2. The van der Waals surface area contributed by atoms with E-state index < -0.39 is 12.7 Å². The van der Waals surface area contributed by atoms with E-state index in [-0.39, 0.29) is 17.5 Å². The fraction of sp³-hybridized carbons (Fsp3) is 0.176. The molecule has 0 aliphatic heterocycles. The third kappa shape index (κ3) is 3.46. The van der Waals surface area contributed by atoms with Crippen molar-refractivity contribution in [3.63, 3.8) is 0 Å². The number of H-pyrrole nitrogens is 1. The molecule has 28 heavy (non-hydrogen) atoms. The molecule has 144 valence electrons. The summed E-state index contributed by atoms with van der Waals surface area (Å²) in [4.78, 5) is 8.71. The molecule has 3 aromatic heterocycles. The van der Waals surface area contributed by atoms with Crippen molar-refractivity contribution in [2.24, 2.45) is 0 Å². The van der Waals surface area contributed by atoms with Crippen LogP contribution in [0.3, 0.4) is 0 Å². The summed E-state index contributed by atoms with van der Waals surface area (Å²) < 4.78 is 44.3. The number of hydrogen-bond acceptors (Lipinski definition) is 6. The van der Waals surface area contributed by atoms with E-state index >= 15 is 0 Å². The lowest BCUT2D eigenvalue weighted by atomic mass is 10.1. The van der Waals surface area contributed by atoms with E-state index in [1.165, 1.54) is 24.5 Å². The number of halogens is 3. The highest BCUT2D eigenvalue weighted by atomic mass is 19.3. The lowest BCUT2D eigenvalue weighted by Gasteiger charge is -2.14. The van der Waals surface area contributed by atoms with E-state index in [1.807, 2.05) is 0 Å². The Kier molecular flexibility index (Phi) is 4.55. The molecule has 0 aliphatic rings. The van der Waals surface area contributed by atoms with E-state index in [9.17, 15) is 13.2 Å². The monoisotopic (exact) mass is 389 g/mol. The van der Waals surface area contributed by atoms with Crippen LogP contribution in [-0.4, -0.2) is 36.6 Å². The maximum Gasteiger partial charge on any atom is 0.388 e. The van der Waals surface area contributed by atoms with Gasteiger partial charge in [0.1, 0.15) is 17.2 Å². The predicted molar refractivity (Wildman–Crippen MR) is 94.0 cm³/mol. The van der Waals surface area contributed by atoms with E-state index in [4.69, 9.17) is 0 Å². The van der Waals surface area contributed by atoms with Gasteiger partial charge in [0.05, 0.1) is 18.4 Å². The molecule has 0 aliphatic carbocycles. The first-order valence-corrected chi connectivity index (χ1v) is 8.23. The van der Waals surface area contributed by atoms with E-state index in [0.29, 0.717) is 22.5 Å². The molecule has 1 unspecified atom stereocenters. The van der Waals surface area contributed by atoms with Crippen molar-refractivity contribution in [2.45, 2.75) is 19.6 Å². The normalized spacial score (nSPS) is 12.5. The van der Waals surface area contributed by atoms with Crippen LogP contribution in [0.2, 0.25) is 0 Å². The maximum absolute atomic E-state index is 14.1. The van der Waals surface area contributed by atoms with E-state index in [1.54, 1.807) is 29.8 Å². The number of nitrogens with zero attached hydrogens (tertiary/aromatic N) is 5. The van der Waals surface area contributed by atoms with Crippen molar-refractivity contribution in [3.05, 3.63) is 54.1 Å². The van der Waals surface area contributed by atoms with Crippen molar-refractivity contribution >= 4 is 22.8 Å². The highest BCUT2D eigenvalue weighted by Crippen LogP contribution is 2.25. The van der Waals surface area contributed by atoms with Crippen molar-refractivity contribution < 1.29 is 17.9 Å². The largest absolute Gasteiger partial charge is 0.415 e. The van der Waals surface area contributed by atoms with Crippen LogP contribution in [0.5, 0.6) is 5.88 Å². The van der Waals surface area contributed by atoms with Gasteiger partial charge in [-0.1, -0.05) is 18.2 Å². The van der Waals surface area contributed by atoms with Gasteiger partial charge in [-0.25, -0.2) is 19.0 Å². The molecule has 0 spiro atoms. The fourth-order valence-electron chi connectivity index (χ4n) is 2.77. The van der Waals surface area contributed by atoms with Gasteiger partial charge in [-0.3, -0.25) is 5.10 Å². The maximum atomic E-state index is 14.1. The summed E-state index contributed by atoms with van der Waals surface area (Å²) in [5, 5.41) is 13.3. The van der Waals surface area contributed by atoms with E-state index in [2.05, 4.69) is 35.3 Å². The molecule has 4 rings (SSSR count). The molecule has 0 saturated carbocycles. The number of nitrogens with one attached hydrogen (secondary N) is 2. The zero-order valence-electron chi connectivity index (χ0n) is 14.5. The smallest absolute Gasteiger partial charge is 0.388 e. The van der Waals surface area contributed by atoms with Crippen LogP contribution in [-0.2, 0) is 0 Å². The minimum atomic E-state index is -2.97. The predicted octanol–water partition coefficient (Wildman–Crippen LogP) is 3.64. The van der Waals surface area contributed by atoms with Gasteiger partial charge in [0.2, 0.25) is 5.88 Å². The lowest BCUT2D eigenvalue weighted by Crippen LogP contribution is -2.11. The molecule has 4 aromatic rings. The van der Waals surface area contributed by atoms with Gasteiger partial charge in [0.25, 0.3) is 0 Å². The third-order valence-electron chi connectivity index (χ3n) is 4.05. The second-order valence-electron chi connectivity index (χ2n) is 5.87. The molecule has 0 saturated heterocycles. The third-order valence-corrected chi connectivity index (χ3v) is 4.05. The Bertz CT molecular complexity index is 1110. The van der Waals surface area contributed by atoms with Crippen molar-refractivity contribution in [1.82, 2.24) is 29.9 Å². The minimum absolute atomic E-state index is 0.259. The van der Waals surface area contributed by atoms with Crippen LogP contribution >= 0.6 is 0 Å². The first-order valence-electron chi connectivity index (χ1n) is 8.23. The molecular weight excluding hydrogens is 375 g/mol. The van der Waals surface area contributed by atoms with Gasteiger partial charge < -0.3 is 10.1 Å². The molecule has 3 heterocycles. The van der Waals surface area contributed by atoms with Crippen LogP contribution in [0.1, 0.15) is 18.5 Å². The number of anilines is 2.